The summed E-state index contributed by atoms with van der Waals surface area (Å²) in [5.74, 6) is 0.690. The Labute approximate surface area is 200 Å². The number of benzene rings is 3. The van der Waals surface area contributed by atoms with Crippen LogP contribution in [0, 0.1) is 6.92 Å². The van der Waals surface area contributed by atoms with Crippen LogP contribution in [0.4, 0.5) is 11.4 Å². The lowest BCUT2D eigenvalue weighted by Crippen LogP contribution is -2.47. The van der Waals surface area contributed by atoms with Crippen molar-refractivity contribution in [2.75, 3.05) is 43.1 Å². The Balaban J connectivity index is 1.61. The fourth-order valence-corrected chi connectivity index (χ4v) is 5.97. The van der Waals surface area contributed by atoms with Crippen LogP contribution >= 0.6 is 0 Å². The lowest BCUT2D eigenvalue weighted by molar-refractivity contribution is -0.347. The van der Waals surface area contributed by atoms with Gasteiger partial charge in [0.05, 0.1) is 23.1 Å². The Morgan fingerprint density at radius 1 is 0.853 bits per heavy atom. The number of aromatic nitrogens is 1. The minimum Gasteiger partial charge on any atom is -0.497 e. The number of fused-ring (bicyclic) bond motifs is 1. The van der Waals surface area contributed by atoms with E-state index in [9.17, 15) is 8.42 Å². The number of hydrogen-bond acceptors (Lipinski definition) is 5. The van der Waals surface area contributed by atoms with E-state index in [1.807, 2.05) is 55.5 Å². The van der Waals surface area contributed by atoms with Gasteiger partial charge in [-0.2, -0.15) is 0 Å². The lowest BCUT2D eigenvalue weighted by Gasteiger charge is -2.38. The number of nitrogens with zero attached hydrogens (tertiary/aromatic N) is 2. The van der Waals surface area contributed by atoms with Gasteiger partial charge in [0.15, 0.2) is 11.1 Å². The van der Waals surface area contributed by atoms with E-state index in [0.29, 0.717) is 18.8 Å². The maximum absolute atomic E-state index is 13.8. The first kappa shape index (κ1) is 22.2. The predicted octanol–water partition coefficient (Wildman–Crippen LogP) is 4.13. The standard InChI is InChI=1S/C27H27N3O3S/c1-20-8-11-23(12-9-20)34(31,32)26-19-28-25-13-10-22(33-2)18-24(25)27(26)30-16-14-29(15-17-30)21-6-4-3-5-7-21/h3-13,18-19H,14-17H2,1-2H3/p+1. The molecule has 5 rings (SSSR count). The summed E-state index contributed by atoms with van der Waals surface area (Å²) >= 11 is 0. The smallest absolute Gasteiger partial charge is 0.214 e. The second kappa shape index (κ2) is 8.99. The fourth-order valence-electron chi connectivity index (χ4n) is 4.52. The van der Waals surface area contributed by atoms with Crippen LogP contribution in [0.1, 0.15) is 5.56 Å². The molecule has 0 saturated carbocycles. The molecule has 34 heavy (non-hydrogen) atoms. The number of nitrogens with one attached hydrogen (secondary N) is 1. The summed E-state index contributed by atoms with van der Waals surface area (Å²) in [5.41, 5.74) is 3.79. The second-order valence-electron chi connectivity index (χ2n) is 8.54. The molecule has 1 aromatic heterocycles. The largest absolute Gasteiger partial charge is 0.497 e. The van der Waals surface area contributed by atoms with Gasteiger partial charge < -0.3 is 14.5 Å². The number of aryl methyl sites for hydroxylation is 1. The van der Waals surface area contributed by atoms with Gasteiger partial charge in [0, 0.05) is 37.9 Å². The summed E-state index contributed by atoms with van der Waals surface area (Å²) in [7, 11) is -2.12. The quantitative estimate of drug-likeness (QED) is 0.435. The molecule has 1 saturated heterocycles. The van der Waals surface area contributed by atoms with Crippen molar-refractivity contribution in [1.82, 2.24) is 0 Å². The first-order valence-corrected chi connectivity index (χ1v) is 12.8. The lowest BCUT2D eigenvalue weighted by atomic mass is 10.1. The number of hydrogen-bond donors (Lipinski definition) is 0. The molecule has 4 aromatic rings. The van der Waals surface area contributed by atoms with E-state index >= 15 is 0 Å². The van der Waals surface area contributed by atoms with Crippen LogP contribution in [-0.2, 0) is 9.84 Å². The predicted molar refractivity (Wildman–Crippen MR) is 135 cm³/mol. The summed E-state index contributed by atoms with van der Waals surface area (Å²) < 4.78 is 33.1. The molecule has 0 radical (unpaired) electrons. The molecule has 2 heterocycles. The second-order valence-corrected chi connectivity index (χ2v) is 10.5. The highest BCUT2D eigenvalue weighted by Gasteiger charge is 2.31. The molecule has 3 aromatic carbocycles. The van der Waals surface area contributed by atoms with Gasteiger partial charge in [-0.15, -0.1) is 0 Å². The number of para-hydroxylation sites is 1. The Bertz CT molecular complexity index is 1410. The first-order chi connectivity index (χ1) is 16.5. The average molecular weight is 475 g/mol. The van der Waals surface area contributed by atoms with Crippen LogP contribution in [0.3, 0.4) is 0 Å². The van der Waals surface area contributed by atoms with Crippen molar-refractivity contribution in [2.24, 2.45) is 0 Å². The van der Waals surface area contributed by atoms with Crippen molar-refractivity contribution in [3.8, 4) is 5.75 Å². The number of piperazine rings is 1. The highest BCUT2D eigenvalue weighted by Crippen LogP contribution is 2.37. The van der Waals surface area contributed by atoms with Crippen LogP contribution in [0.5, 0.6) is 5.75 Å². The minimum absolute atomic E-state index is 0.283. The van der Waals surface area contributed by atoms with Crippen LogP contribution in [-0.4, -0.2) is 41.7 Å². The number of rotatable bonds is 5. The topological polar surface area (TPSA) is 64.0 Å². The van der Waals surface area contributed by atoms with Gasteiger partial charge in [0.2, 0.25) is 15.4 Å². The molecule has 6 nitrogen and oxygen atoms in total. The summed E-state index contributed by atoms with van der Waals surface area (Å²) in [6, 6.07) is 23.1. The number of anilines is 2. The molecule has 174 valence electrons. The Hall–Kier alpha value is -3.58. The zero-order valence-electron chi connectivity index (χ0n) is 19.4. The van der Waals surface area contributed by atoms with E-state index in [2.05, 4.69) is 26.9 Å². The normalized spacial score (nSPS) is 14.4. The third-order valence-corrected chi connectivity index (χ3v) is 8.20. The van der Waals surface area contributed by atoms with Gasteiger partial charge in [0.1, 0.15) is 5.75 Å². The summed E-state index contributed by atoms with van der Waals surface area (Å²) in [6.45, 7) is 4.98. The van der Waals surface area contributed by atoms with Crippen LogP contribution in [0.2, 0.25) is 0 Å². The zero-order chi connectivity index (χ0) is 23.7. The molecular formula is C27H28N3O3S+. The van der Waals surface area contributed by atoms with Crippen molar-refractivity contribution >= 4 is 32.1 Å². The molecule has 0 bridgehead atoms. The van der Waals surface area contributed by atoms with Crippen molar-refractivity contribution in [1.29, 1.82) is 0 Å². The van der Waals surface area contributed by atoms with Crippen LogP contribution < -0.4 is 19.5 Å². The average Bonchev–Trinajstić information content (AvgIpc) is 2.88. The van der Waals surface area contributed by atoms with E-state index in [4.69, 9.17) is 4.74 Å². The Morgan fingerprint density at radius 3 is 2.21 bits per heavy atom. The summed E-state index contributed by atoms with van der Waals surface area (Å²) in [5, 5.41) is 0.834. The summed E-state index contributed by atoms with van der Waals surface area (Å²) in [6.07, 6.45) is 1.63. The van der Waals surface area contributed by atoms with Gasteiger partial charge in [-0.25, -0.2) is 13.4 Å². The molecular weight excluding hydrogens is 446 g/mol. The third-order valence-electron chi connectivity index (χ3n) is 6.41. The number of pyridine rings is 1. The maximum Gasteiger partial charge on any atom is 0.214 e. The number of aromatic amines is 1. The van der Waals surface area contributed by atoms with Crippen LogP contribution in [0.15, 0.2) is 88.8 Å². The third kappa shape index (κ3) is 4.07. The Morgan fingerprint density at radius 2 is 1.53 bits per heavy atom. The first-order valence-electron chi connectivity index (χ1n) is 11.4. The Kier molecular flexibility index (Phi) is 5.87. The van der Waals surface area contributed by atoms with E-state index in [1.165, 1.54) is 5.69 Å². The highest BCUT2D eigenvalue weighted by molar-refractivity contribution is 7.91. The van der Waals surface area contributed by atoms with E-state index in [-0.39, 0.29) is 9.79 Å². The van der Waals surface area contributed by atoms with E-state index in [1.54, 1.807) is 25.4 Å². The number of methoxy groups -OCH3 is 1. The molecule has 0 spiro atoms. The fraction of sp³-hybridized carbons (Fsp3) is 0.222. The van der Waals surface area contributed by atoms with Gasteiger partial charge in [0.25, 0.3) is 0 Å². The summed E-state index contributed by atoms with van der Waals surface area (Å²) in [4.78, 5) is 8.30. The van der Waals surface area contributed by atoms with Crippen molar-refractivity contribution in [3.63, 3.8) is 0 Å². The maximum atomic E-state index is 13.8. The van der Waals surface area contributed by atoms with Crippen molar-refractivity contribution in [3.05, 3.63) is 84.6 Å². The number of ether oxygens (including phenoxy) is 1. The molecule has 1 N–H and O–H groups in total. The number of H-pyrrole nitrogens is 1. The molecule has 1 fully saturated rings. The van der Waals surface area contributed by atoms with Gasteiger partial charge >= 0.3 is 0 Å². The van der Waals surface area contributed by atoms with E-state index < -0.39 is 9.84 Å². The SMILES string of the molecule is COc1ccc2[nH+]cc(S(=O)(=O)c3ccc(C)cc3)c(N3CCN(c4ccccc4)CC3)c2c1. The number of sulfone groups is 1. The zero-order valence-corrected chi connectivity index (χ0v) is 20.2. The van der Waals surface area contributed by atoms with Gasteiger partial charge in [-0.3, -0.25) is 0 Å². The van der Waals surface area contributed by atoms with E-state index in [0.717, 1.165) is 35.2 Å². The highest BCUT2D eigenvalue weighted by atomic mass is 32.2. The molecule has 0 unspecified atom stereocenters. The molecule has 1 aliphatic rings. The van der Waals surface area contributed by atoms with Gasteiger partial charge in [-0.05, 0) is 43.3 Å². The molecule has 0 aliphatic carbocycles. The molecule has 0 atom stereocenters. The molecule has 0 amide bonds. The van der Waals surface area contributed by atoms with Crippen molar-refractivity contribution in [2.45, 2.75) is 16.7 Å². The molecule has 7 heteroatoms. The molecule has 1 aliphatic heterocycles. The van der Waals surface area contributed by atoms with Crippen LogP contribution in [0.25, 0.3) is 10.9 Å². The van der Waals surface area contributed by atoms with Gasteiger partial charge in [-0.1, -0.05) is 35.9 Å². The monoisotopic (exact) mass is 474 g/mol. The van der Waals surface area contributed by atoms with Crippen molar-refractivity contribution < 1.29 is 18.1 Å². The minimum atomic E-state index is -3.74.